The van der Waals surface area contributed by atoms with Crippen LogP contribution >= 0.6 is 22.7 Å². The molecule has 2 heterocycles. The summed E-state index contributed by atoms with van der Waals surface area (Å²) in [6, 6.07) is 6.13. The second kappa shape index (κ2) is 3.69. The van der Waals surface area contributed by atoms with Gasteiger partial charge < -0.3 is 5.73 Å². The third-order valence-corrected chi connectivity index (χ3v) is 4.68. The van der Waals surface area contributed by atoms with Crippen molar-refractivity contribution in [2.75, 3.05) is 5.73 Å². The zero-order valence-electron chi connectivity index (χ0n) is 8.50. The Bertz CT molecular complexity index is 524. The number of nitrogen functional groups attached to an aromatic ring is 1. The van der Waals surface area contributed by atoms with Crippen molar-refractivity contribution in [1.29, 1.82) is 5.26 Å². The van der Waals surface area contributed by atoms with Gasteiger partial charge in [-0.15, -0.1) is 22.7 Å². The summed E-state index contributed by atoms with van der Waals surface area (Å²) in [5.41, 5.74) is 7.60. The molecule has 0 aliphatic rings. The summed E-state index contributed by atoms with van der Waals surface area (Å²) in [6.07, 6.45) is 0. The number of hydrogen-bond acceptors (Lipinski definition) is 4. The topological polar surface area (TPSA) is 49.8 Å². The quantitative estimate of drug-likeness (QED) is 0.820. The van der Waals surface area contributed by atoms with Crippen molar-refractivity contribution < 1.29 is 0 Å². The van der Waals surface area contributed by atoms with E-state index >= 15 is 0 Å². The van der Waals surface area contributed by atoms with E-state index in [0.717, 1.165) is 4.88 Å². The molecule has 0 saturated carbocycles. The lowest BCUT2D eigenvalue weighted by molar-refractivity contribution is 1.44. The van der Waals surface area contributed by atoms with Crippen LogP contribution in [0.1, 0.15) is 15.3 Å². The van der Waals surface area contributed by atoms with Crippen LogP contribution in [0.4, 0.5) is 5.69 Å². The fourth-order valence-corrected chi connectivity index (χ4v) is 3.29. The van der Waals surface area contributed by atoms with Gasteiger partial charge in [0.15, 0.2) is 0 Å². The first-order chi connectivity index (χ1) is 7.11. The molecule has 2 rings (SSSR count). The van der Waals surface area contributed by atoms with Gasteiger partial charge in [0, 0.05) is 14.6 Å². The lowest BCUT2D eigenvalue weighted by atomic mass is 10.2. The highest BCUT2D eigenvalue weighted by molar-refractivity contribution is 7.22. The molecule has 2 nitrogen and oxygen atoms in total. The Labute approximate surface area is 96.6 Å². The smallest absolute Gasteiger partial charge is 0.128 e. The molecular formula is C11H10N2S2. The lowest BCUT2D eigenvalue weighted by Crippen LogP contribution is -1.81. The maximum Gasteiger partial charge on any atom is 0.128 e. The van der Waals surface area contributed by atoms with Crippen molar-refractivity contribution in [2.24, 2.45) is 0 Å². The van der Waals surface area contributed by atoms with E-state index in [1.165, 1.54) is 26.7 Å². The van der Waals surface area contributed by atoms with Gasteiger partial charge >= 0.3 is 0 Å². The first kappa shape index (κ1) is 10.2. The first-order valence-corrected chi connectivity index (χ1v) is 6.12. The van der Waals surface area contributed by atoms with Crippen LogP contribution in [0, 0.1) is 25.2 Å². The minimum atomic E-state index is 0.584. The number of nitriles is 1. The van der Waals surface area contributed by atoms with E-state index in [9.17, 15) is 0 Å². The average Bonchev–Trinajstić information content (AvgIpc) is 2.71. The van der Waals surface area contributed by atoms with E-state index in [-0.39, 0.29) is 0 Å². The van der Waals surface area contributed by atoms with Gasteiger partial charge in [0.25, 0.3) is 0 Å². The van der Waals surface area contributed by atoms with Gasteiger partial charge in [-0.25, -0.2) is 0 Å². The summed E-state index contributed by atoms with van der Waals surface area (Å²) < 4.78 is 0. The van der Waals surface area contributed by atoms with Crippen molar-refractivity contribution >= 4 is 28.4 Å². The maximum absolute atomic E-state index is 8.82. The summed E-state index contributed by atoms with van der Waals surface area (Å²) >= 11 is 3.20. The highest BCUT2D eigenvalue weighted by Gasteiger charge is 2.10. The fraction of sp³-hybridized carbons (Fsp3) is 0.182. The van der Waals surface area contributed by atoms with Crippen LogP contribution in [-0.4, -0.2) is 0 Å². The number of aryl methyl sites for hydroxylation is 2. The van der Waals surface area contributed by atoms with Crippen molar-refractivity contribution in [3.63, 3.8) is 0 Å². The van der Waals surface area contributed by atoms with E-state index in [1.54, 1.807) is 11.3 Å². The van der Waals surface area contributed by atoms with Gasteiger partial charge in [0.05, 0.1) is 5.69 Å². The van der Waals surface area contributed by atoms with Crippen molar-refractivity contribution in [3.8, 4) is 15.8 Å². The predicted molar refractivity (Wildman–Crippen MR) is 66.2 cm³/mol. The molecule has 0 aliphatic carbocycles. The molecule has 0 amide bonds. The summed E-state index contributed by atoms with van der Waals surface area (Å²) in [6.45, 7) is 4.20. The van der Waals surface area contributed by atoms with E-state index in [0.29, 0.717) is 10.6 Å². The third-order valence-electron chi connectivity index (χ3n) is 2.27. The Hall–Kier alpha value is -1.31. The van der Waals surface area contributed by atoms with Crippen LogP contribution in [0.5, 0.6) is 0 Å². The molecule has 0 saturated heterocycles. The number of hydrogen-bond donors (Lipinski definition) is 1. The molecule has 15 heavy (non-hydrogen) atoms. The van der Waals surface area contributed by atoms with Gasteiger partial charge in [0.2, 0.25) is 0 Å². The number of rotatable bonds is 1. The standard InChI is InChI=1S/C11H10N2S2/c1-6-3-9(14-7(6)2)10-4-8(13)11(5-12)15-10/h3-4H,13H2,1-2H3. The summed E-state index contributed by atoms with van der Waals surface area (Å²) in [7, 11) is 0. The molecule has 0 aromatic carbocycles. The van der Waals surface area contributed by atoms with Gasteiger partial charge in [-0.05, 0) is 31.5 Å². The Kier molecular flexibility index (Phi) is 2.51. The van der Waals surface area contributed by atoms with Gasteiger partial charge in [0.1, 0.15) is 10.9 Å². The molecule has 0 bridgehead atoms. The van der Waals surface area contributed by atoms with Crippen LogP contribution in [0.15, 0.2) is 12.1 Å². The number of nitrogens with zero attached hydrogens (tertiary/aromatic N) is 1. The molecule has 2 N–H and O–H groups in total. The Morgan fingerprint density at radius 2 is 1.87 bits per heavy atom. The minimum absolute atomic E-state index is 0.584. The average molecular weight is 234 g/mol. The zero-order chi connectivity index (χ0) is 11.0. The Morgan fingerprint density at radius 3 is 2.33 bits per heavy atom. The predicted octanol–water partition coefficient (Wildman–Crippen LogP) is 3.55. The monoisotopic (exact) mass is 234 g/mol. The van der Waals surface area contributed by atoms with E-state index in [2.05, 4.69) is 26.0 Å². The summed E-state index contributed by atoms with van der Waals surface area (Å²) in [4.78, 5) is 4.21. The van der Waals surface area contributed by atoms with Crippen molar-refractivity contribution in [1.82, 2.24) is 0 Å². The third kappa shape index (κ3) is 1.76. The Morgan fingerprint density at radius 1 is 1.20 bits per heavy atom. The Balaban J connectivity index is 2.50. The summed E-state index contributed by atoms with van der Waals surface area (Å²) in [5.74, 6) is 0. The normalized spacial score (nSPS) is 10.2. The van der Waals surface area contributed by atoms with Gasteiger partial charge in [-0.3, -0.25) is 0 Å². The molecule has 0 fully saturated rings. The molecule has 0 radical (unpaired) electrons. The molecule has 2 aromatic rings. The van der Waals surface area contributed by atoms with Crippen molar-refractivity contribution in [2.45, 2.75) is 13.8 Å². The molecule has 0 aliphatic heterocycles. The highest BCUT2D eigenvalue weighted by Crippen LogP contribution is 2.37. The molecule has 0 spiro atoms. The largest absolute Gasteiger partial charge is 0.397 e. The van der Waals surface area contributed by atoms with Gasteiger partial charge in [-0.2, -0.15) is 5.26 Å². The van der Waals surface area contributed by atoms with E-state index in [1.807, 2.05) is 6.07 Å². The number of anilines is 1. The minimum Gasteiger partial charge on any atom is -0.397 e. The molecule has 4 heteroatoms. The van der Waals surface area contributed by atoms with Crippen LogP contribution in [-0.2, 0) is 0 Å². The molecule has 0 atom stereocenters. The molecule has 0 unspecified atom stereocenters. The molecule has 2 aromatic heterocycles. The maximum atomic E-state index is 8.82. The second-order valence-corrected chi connectivity index (χ2v) is 5.67. The fourth-order valence-electron chi connectivity index (χ4n) is 1.31. The molecule has 76 valence electrons. The lowest BCUT2D eigenvalue weighted by Gasteiger charge is -1.86. The molecular weight excluding hydrogens is 224 g/mol. The van der Waals surface area contributed by atoms with Crippen molar-refractivity contribution in [3.05, 3.63) is 27.5 Å². The number of thiophene rings is 2. The summed E-state index contributed by atoms with van der Waals surface area (Å²) in [5, 5.41) is 8.82. The van der Waals surface area contributed by atoms with Crippen LogP contribution in [0.2, 0.25) is 0 Å². The zero-order valence-corrected chi connectivity index (χ0v) is 10.1. The van der Waals surface area contributed by atoms with Crippen LogP contribution < -0.4 is 5.73 Å². The van der Waals surface area contributed by atoms with Gasteiger partial charge in [-0.1, -0.05) is 0 Å². The van der Waals surface area contributed by atoms with E-state index < -0.39 is 0 Å². The van der Waals surface area contributed by atoms with Crippen LogP contribution in [0.25, 0.3) is 9.75 Å². The van der Waals surface area contributed by atoms with Crippen LogP contribution in [0.3, 0.4) is 0 Å². The van der Waals surface area contributed by atoms with E-state index in [4.69, 9.17) is 11.0 Å². The highest BCUT2D eigenvalue weighted by atomic mass is 32.1. The number of nitrogens with two attached hydrogens (primary N) is 1. The second-order valence-electron chi connectivity index (χ2n) is 3.36. The first-order valence-electron chi connectivity index (χ1n) is 4.48. The SMILES string of the molecule is Cc1cc(-c2cc(N)c(C#N)s2)sc1C.